The third-order valence-electron chi connectivity index (χ3n) is 4.05. The quantitative estimate of drug-likeness (QED) is 0.751. The number of carbonyl (C=O) groups excluding carboxylic acids is 1. The van der Waals surface area contributed by atoms with Crippen molar-refractivity contribution >= 4 is 21.8 Å². The van der Waals surface area contributed by atoms with Gasteiger partial charge in [-0.1, -0.05) is 28.4 Å². The van der Waals surface area contributed by atoms with Crippen LogP contribution in [0.2, 0.25) is 0 Å². The fourth-order valence-corrected chi connectivity index (χ4v) is 3.13. The van der Waals surface area contributed by atoms with E-state index in [1.165, 1.54) is 25.8 Å². The van der Waals surface area contributed by atoms with Crippen molar-refractivity contribution in [1.82, 2.24) is 10.2 Å². The third-order valence-corrected chi connectivity index (χ3v) is 4.54. The summed E-state index contributed by atoms with van der Waals surface area (Å²) in [6.45, 7) is 5.33. The van der Waals surface area contributed by atoms with E-state index >= 15 is 0 Å². The molecule has 22 heavy (non-hydrogen) atoms. The van der Waals surface area contributed by atoms with Crippen molar-refractivity contribution in [2.45, 2.75) is 38.6 Å². The second-order valence-corrected chi connectivity index (χ2v) is 6.75. The Morgan fingerprint density at radius 2 is 2.32 bits per heavy atom. The summed E-state index contributed by atoms with van der Waals surface area (Å²) in [5.74, 6) is 0.637. The maximum atomic E-state index is 11.8. The van der Waals surface area contributed by atoms with Crippen LogP contribution in [0, 0.1) is 0 Å². The van der Waals surface area contributed by atoms with E-state index in [2.05, 4.69) is 33.1 Å². The van der Waals surface area contributed by atoms with E-state index in [0.717, 1.165) is 17.4 Å². The number of carbonyl (C=O) groups is 1. The van der Waals surface area contributed by atoms with Gasteiger partial charge in [-0.3, -0.25) is 4.79 Å². The molecule has 1 aliphatic heterocycles. The molecule has 122 valence electrons. The van der Waals surface area contributed by atoms with Gasteiger partial charge >= 0.3 is 0 Å². The number of likely N-dealkylation sites (tertiary alicyclic amines) is 1. The van der Waals surface area contributed by atoms with Gasteiger partial charge in [0.2, 0.25) is 0 Å². The topological polar surface area (TPSA) is 41.6 Å². The maximum absolute atomic E-state index is 11.8. The van der Waals surface area contributed by atoms with Crippen molar-refractivity contribution in [3.05, 3.63) is 28.7 Å². The molecule has 1 atom stereocenters. The van der Waals surface area contributed by atoms with Gasteiger partial charge in [0, 0.05) is 23.6 Å². The highest BCUT2D eigenvalue weighted by Crippen LogP contribution is 2.17. The highest BCUT2D eigenvalue weighted by molar-refractivity contribution is 9.10. The molecule has 0 aromatic heterocycles. The maximum Gasteiger partial charge on any atom is 0.257 e. The van der Waals surface area contributed by atoms with Gasteiger partial charge in [0.1, 0.15) is 5.75 Å². The third kappa shape index (κ3) is 5.97. The number of nitrogens with one attached hydrogen (secondary N) is 1. The number of nitrogens with zero attached hydrogens (tertiary/aromatic N) is 1. The van der Waals surface area contributed by atoms with Crippen molar-refractivity contribution < 1.29 is 9.53 Å². The first-order chi connectivity index (χ1) is 10.6. The number of hydrogen-bond donors (Lipinski definition) is 1. The molecule has 0 bridgehead atoms. The second kappa shape index (κ2) is 9.16. The molecule has 1 saturated heterocycles. The summed E-state index contributed by atoms with van der Waals surface area (Å²) in [7, 11) is 0. The lowest BCUT2D eigenvalue weighted by Gasteiger charge is -2.33. The Morgan fingerprint density at radius 3 is 3.09 bits per heavy atom. The average Bonchev–Trinajstić information content (AvgIpc) is 2.51. The SMILES string of the molecule is C[C@H]1CCCCN1CCCNC(=O)COc1cccc(Br)c1. The number of ether oxygens (including phenoxy) is 1. The molecular weight excluding hydrogens is 344 g/mol. The van der Waals surface area contributed by atoms with Crippen LogP contribution in [-0.4, -0.2) is 43.1 Å². The van der Waals surface area contributed by atoms with Crippen LogP contribution in [0.1, 0.15) is 32.6 Å². The molecule has 1 N–H and O–H groups in total. The fraction of sp³-hybridized carbons (Fsp3) is 0.588. The molecule has 1 aromatic carbocycles. The van der Waals surface area contributed by atoms with Crippen LogP contribution in [-0.2, 0) is 4.79 Å². The first-order valence-corrected chi connectivity index (χ1v) is 8.83. The summed E-state index contributed by atoms with van der Waals surface area (Å²) in [6, 6.07) is 8.19. The predicted molar refractivity (Wildman–Crippen MR) is 92.1 cm³/mol. The Balaban J connectivity index is 1.57. The summed E-state index contributed by atoms with van der Waals surface area (Å²) >= 11 is 3.38. The van der Waals surface area contributed by atoms with Gasteiger partial charge in [0.15, 0.2) is 6.61 Å². The Labute approximate surface area is 141 Å². The van der Waals surface area contributed by atoms with Crippen molar-refractivity contribution in [2.75, 3.05) is 26.2 Å². The normalized spacial score (nSPS) is 18.9. The number of benzene rings is 1. The second-order valence-electron chi connectivity index (χ2n) is 5.83. The lowest BCUT2D eigenvalue weighted by molar-refractivity contribution is -0.123. The Kier molecular flexibility index (Phi) is 7.19. The summed E-state index contributed by atoms with van der Waals surface area (Å²) < 4.78 is 6.41. The van der Waals surface area contributed by atoms with Gasteiger partial charge in [-0.25, -0.2) is 0 Å². The molecule has 0 saturated carbocycles. The molecule has 1 aromatic rings. The van der Waals surface area contributed by atoms with E-state index < -0.39 is 0 Å². The standard InChI is InChI=1S/C17H25BrN2O2/c1-14-6-2-3-10-20(14)11-5-9-19-17(21)13-22-16-8-4-7-15(18)12-16/h4,7-8,12,14H,2-3,5-6,9-11,13H2,1H3,(H,19,21)/t14-/m0/s1. The molecule has 1 heterocycles. The summed E-state index contributed by atoms with van der Waals surface area (Å²) in [5, 5.41) is 2.92. The van der Waals surface area contributed by atoms with E-state index in [1.807, 2.05) is 24.3 Å². The van der Waals surface area contributed by atoms with Gasteiger partial charge < -0.3 is 15.0 Å². The molecule has 0 radical (unpaired) electrons. The van der Waals surface area contributed by atoms with Crippen LogP contribution in [0.15, 0.2) is 28.7 Å². The number of hydrogen-bond acceptors (Lipinski definition) is 3. The van der Waals surface area contributed by atoms with E-state index in [9.17, 15) is 4.79 Å². The zero-order valence-electron chi connectivity index (χ0n) is 13.2. The smallest absolute Gasteiger partial charge is 0.257 e. The minimum Gasteiger partial charge on any atom is -0.484 e. The Bertz CT molecular complexity index is 481. The van der Waals surface area contributed by atoms with Gasteiger partial charge in [0.05, 0.1) is 0 Å². The Hall–Kier alpha value is -1.07. The zero-order chi connectivity index (χ0) is 15.8. The van der Waals surface area contributed by atoms with Crippen LogP contribution in [0.5, 0.6) is 5.75 Å². The molecule has 0 spiro atoms. The highest BCUT2D eigenvalue weighted by Gasteiger charge is 2.17. The first kappa shape index (κ1) is 17.3. The van der Waals surface area contributed by atoms with E-state index in [1.54, 1.807) is 0 Å². The number of rotatable bonds is 7. The van der Waals surface area contributed by atoms with Crippen molar-refractivity contribution in [3.8, 4) is 5.75 Å². The lowest BCUT2D eigenvalue weighted by atomic mass is 10.0. The van der Waals surface area contributed by atoms with Crippen LogP contribution < -0.4 is 10.1 Å². The van der Waals surface area contributed by atoms with Crippen molar-refractivity contribution in [3.63, 3.8) is 0 Å². The van der Waals surface area contributed by atoms with Gasteiger partial charge in [-0.05, 0) is 50.9 Å². The zero-order valence-corrected chi connectivity index (χ0v) is 14.8. The predicted octanol–water partition coefficient (Wildman–Crippen LogP) is 3.21. The Morgan fingerprint density at radius 1 is 1.45 bits per heavy atom. The van der Waals surface area contributed by atoms with Gasteiger partial charge in [0.25, 0.3) is 5.91 Å². The average molecular weight is 369 g/mol. The van der Waals surface area contributed by atoms with Crippen molar-refractivity contribution in [1.29, 1.82) is 0 Å². The lowest BCUT2D eigenvalue weighted by Crippen LogP contribution is -2.39. The van der Waals surface area contributed by atoms with Crippen LogP contribution in [0.3, 0.4) is 0 Å². The summed E-state index contributed by atoms with van der Waals surface area (Å²) in [4.78, 5) is 14.3. The van der Waals surface area contributed by atoms with E-state index in [0.29, 0.717) is 18.3 Å². The summed E-state index contributed by atoms with van der Waals surface area (Å²) in [6.07, 6.45) is 4.94. The monoisotopic (exact) mass is 368 g/mol. The minimum atomic E-state index is -0.0633. The molecule has 5 heteroatoms. The number of halogens is 1. The molecular formula is C17H25BrN2O2. The largest absolute Gasteiger partial charge is 0.484 e. The molecule has 1 fully saturated rings. The molecule has 1 aliphatic rings. The van der Waals surface area contributed by atoms with Crippen LogP contribution >= 0.6 is 15.9 Å². The molecule has 0 unspecified atom stereocenters. The molecule has 2 rings (SSSR count). The van der Waals surface area contributed by atoms with E-state index in [-0.39, 0.29) is 12.5 Å². The summed E-state index contributed by atoms with van der Waals surface area (Å²) in [5.41, 5.74) is 0. The highest BCUT2D eigenvalue weighted by atomic mass is 79.9. The number of piperidine rings is 1. The molecule has 0 aliphatic carbocycles. The molecule has 1 amide bonds. The van der Waals surface area contributed by atoms with Gasteiger partial charge in [-0.2, -0.15) is 0 Å². The van der Waals surface area contributed by atoms with Crippen LogP contribution in [0.4, 0.5) is 0 Å². The van der Waals surface area contributed by atoms with E-state index in [4.69, 9.17) is 4.74 Å². The first-order valence-electron chi connectivity index (χ1n) is 8.04. The number of amides is 1. The van der Waals surface area contributed by atoms with Gasteiger partial charge in [-0.15, -0.1) is 0 Å². The van der Waals surface area contributed by atoms with Crippen LogP contribution in [0.25, 0.3) is 0 Å². The molecule has 4 nitrogen and oxygen atoms in total. The fourth-order valence-electron chi connectivity index (χ4n) is 2.76. The van der Waals surface area contributed by atoms with Crippen molar-refractivity contribution in [2.24, 2.45) is 0 Å². The minimum absolute atomic E-state index is 0.0633.